The first-order valence-corrected chi connectivity index (χ1v) is 3.92. The Morgan fingerprint density at radius 3 is 2.55 bits per heavy atom. The van der Waals surface area contributed by atoms with E-state index in [1.165, 1.54) is 0 Å². The van der Waals surface area contributed by atoms with E-state index in [1.807, 2.05) is 0 Å². The summed E-state index contributed by atoms with van der Waals surface area (Å²) in [4.78, 5) is 12.8. The summed E-state index contributed by atoms with van der Waals surface area (Å²) >= 11 is 0. The van der Waals surface area contributed by atoms with E-state index in [2.05, 4.69) is 0 Å². The number of hydrogen-bond acceptors (Lipinski definition) is 3. The first-order chi connectivity index (χ1) is 5.25. The van der Waals surface area contributed by atoms with Crippen LogP contribution in [0.3, 0.4) is 0 Å². The van der Waals surface area contributed by atoms with Crippen molar-refractivity contribution in [2.24, 2.45) is 5.73 Å². The maximum Gasteiger partial charge on any atom is 0.252 e. The number of likely N-dealkylation sites (tertiary alicyclic amines) is 1. The van der Waals surface area contributed by atoms with Gasteiger partial charge in [-0.05, 0) is 12.8 Å². The lowest BCUT2D eigenvalue weighted by atomic mass is 10.3. The molecule has 1 aliphatic heterocycles. The third-order valence-electron chi connectivity index (χ3n) is 1.93. The van der Waals surface area contributed by atoms with Crippen molar-refractivity contribution < 1.29 is 9.90 Å². The lowest BCUT2D eigenvalue weighted by Gasteiger charge is -2.17. The summed E-state index contributed by atoms with van der Waals surface area (Å²) in [5.74, 6) is -0.218. The number of hydrogen-bond donors (Lipinski definition) is 2. The predicted molar refractivity (Wildman–Crippen MR) is 40.9 cm³/mol. The monoisotopic (exact) mass is 158 g/mol. The molecule has 0 aromatic rings. The zero-order valence-electron chi connectivity index (χ0n) is 6.49. The molecule has 1 fully saturated rings. The normalized spacial score (nSPS) is 20.4. The van der Waals surface area contributed by atoms with Crippen LogP contribution in [0, 0.1) is 0 Å². The minimum atomic E-state index is -0.993. The second-order valence-electron chi connectivity index (χ2n) is 2.78. The summed E-state index contributed by atoms with van der Waals surface area (Å²) in [5.41, 5.74) is 5.14. The van der Waals surface area contributed by atoms with Gasteiger partial charge < -0.3 is 15.7 Å². The van der Waals surface area contributed by atoms with Crippen LogP contribution < -0.4 is 5.73 Å². The average Bonchev–Trinajstić information content (AvgIpc) is 2.53. The van der Waals surface area contributed by atoms with E-state index in [-0.39, 0.29) is 12.5 Å². The van der Waals surface area contributed by atoms with E-state index in [4.69, 9.17) is 10.8 Å². The molecule has 3 N–H and O–H groups in total. The standard InChI is InChI=1S/C7H14N2O2/c8-5-6(10)7(11)9-3-1-2-4-9/h6,10H,1-5,8H2. The molecule has 0 saturated carbocycles. The smallest absolute Gasteiger partial charge is 0.252 e. The van der Waals surface area contributed by atoms with Crippen LogP contribution in [0.1, 0.15) is 12.8 Å². The molecule has 1 unspecified atom stereocenters. The number of nitrogens with two attached hydrogens (primary N) is 1. The zero-order chi connectivity index (χ0) is 8.27. The van der Waals surface area contributed by atoms with Crippen molar-refractivity contribution in [3.8, 4) is 0 Å². The molecule has 0 bridgehead atoms. The molecule has 0 spiro atoms. The number of nitrogens with zero attached hydrogens (tertiary/aromatic N) is 1. The number of carbonyl (C=O) groups excluding carboxylic acids is 1. The number of aliphatic hydroxyl groups is 1. The van der Waals surface area contributed by atoms with Gasteiger partial charge >= 0.3 is 0 Å². The first-order valence-electron chi connectivity index (χ1n) is 3.92. The van der Waals surface area contributed by atoms with Crippen molar-refractivity contribution in [3.05, 3.63) is 0 Å². The van der Waals surface area contributed by atoms with E-state index < -0.39 is 6.10 Å². The number of carbonyl (C=O) groups is 1. The van der Waals surface area contributed by atoms with Gasteiger partial charge in [0.05, 0.1) is 0 Å². The first kappa shape index (κ1) is 8.49. The number of rotatable bonds is 2. The third-order valence-corrected chi connectivity index (χ3v) is 1.93. The maximum atomic E-state index is 11.2. The molecular formula is C7H14N2O2. The van der Waals surface area contributed by atoms with Crippen molar-refractivity contribution in [2.75, 3.05) is 19.6 Å². The van der Waals surface area contributed by atoms with Gasteiger partial charge in [-0.2, -0.15) is 0 Å². The van der Waals surface area contributed by atoms with E-state index in [9.17, 15) is 4.79 Å². The second kappa shape index (κ2) is 3.69. The van der Waals surface area contributed by atoms with Gasteiger partial charge in [0.25, 0.3) is 5.91 Å². The molecule has 0 aliphatic carbocycles. The van der Waals surface area contributed by atoms with Crippen LogP contribution in [0.4, 0.5) is 0 Å². The Balaban J connectivity index is 2.39. The Morgan fingerprint density at radius 2 is 2.09 bits per heavy atom. The van der Waals surface area contributed by atoms with Crippen molar-refractivity contribution >= 4 is 5.91 Å². The second-order valence-corrected chi connectivity index (χ2v) is 2.78. The van der Waals surface area contributed by atoms with E-state index >= 15 is 0 Å². The fourth-order valence-electron chi connectivity index (χ4n) is 1.25. The summed E-state index contributed by atoms with van der Waals surface area (Å²) < 4.78 is 0. The van der Waals surface area contributed by atoms with Crippen LogP contribution >= 0.6 is 0 Å². The van der Waals surface area contributed by atoms with Crippen LogP contribution in [-0.4, -0.2) is 41.7 Å². The zero-order valence-corrected chi connectivity index (χ0v) is 6.49. The summed E-state index contributed by atoms with van der Waals surface area (Å²) in [6.45, 7) is 1.57. The molecule has 1 saturated heterocycles. The molecule has 1 aliphatic rings. The van der Waals surface area contributed by atoms with Crippen molar-refractivity contribution in [1.29, 1.82) is 0 Å². The lowest BCUT2D eigenvalue weighted by Crippen LogP contribution is -2.40. The Morgan fingerprint density at radius 1 is 1.55 bits per heavy atom. The van der Waals surface area contributed by atoms with Gasteiger partial charge in [0.1, 0.15) is 6.10 Å². The SMILES string of the molecule is NCC(O)C(=O)N1CCCC1. The van der Waals surface area contributed by atoms with Crippen molar-refractivity contribution in [2.45, 2.75) is 18.9 Å². The highest BCUT2D eigenvalue weighted by molar-refractivity contribution is 5.81. The summed E-state index contributed by atoms with van der Waals surface area (Å²) in [7, 11) is 0. The van der Waals surface area contributed by atoms with E-state index in [1.54, 1.807) is 4.90 Å². The predicted octanol–water partition coefficient (Wildman–Crippen LogP) is -1.07. The highest BCUT2D eigenvalue weighted by Gasteiger charge is 2.23. The number of aliphatic hydroxyl groups excluding tert-OH is 1. The maximum absolute atomic E-state index is 11.2. The van der Waals surface area contributed by atoms with E-state index in [0.29, 0.717) is 0 Å². The highest BCUT2D eigenvalue weighted by Crippen LogP contribution is 2.08. The van der Waals surface area contributed by atoms with Gasteiger partial charge in [0.15, 0.2) is 0 Å². The molecule has 4 nitrogen and oxygen atoms in total. The fourth-order valence-corrected chi connectivity index (χ4v) is 1.25. The molecule has 1 amide bonds. The van der Waals surface area contributed by atoms with Gasteiger partial charge in [-0.1, -0.05) is 0 Å². The summed E-state index contributed by atoms with van der Waals surface area (Å²) in [6, 6.07) is 0. The van der Waals surface area contributed by atoms with Gasteiger partial charge in [-0.15, -0.1) is 0 Å². The largest absolute Gasteiger partial charge is 0.382 e. The van der Waals surface area contributed by atoms with Crippen LogP contribution in [0.5, 0.6) is 0 Å². The highest BCUT2D eigenvalue weighted by atomic mass is 16.3. The van der Waals surface area contributed by atoms with Crippen LogP contribution in [0.2, 0.25) is 0 Å². The van der Waals surface area contributed by atoms with Gasteiger partial charge in [0, 0.05) is 19.6 Å². The quantitative estimate of drug-likeness (QED) is 0.537. The molecule has 1 heterocycles. The molecule has 64 valence electrons. The van der Waals surface area contributed by atoms with Crippen LogP contribution in [0.15, 0.2) is 0 Å². The Bertz CT molecular complexity index is 143. The number of amides is 1. The molecular weight excluding hydrogens is 144 g/mol. The Hall–Kier alpha value is -0.610. The molecule has 11 heavy (non-hydrogen) atoms. The lowest BCUT2D eigenvalue weighted by molar-refractivity contribution is -0.138. The molecule has 1 atom stereocenters. The summed E-state index contributed by atoms with van der Waals surface area (Å²) in [5, 5.41) is 9.07. The van der Waals surface area contributed by atoms with Gasteiger partial charge in [-0.25, -0.2) is 0 Å². The molecule has 1 rings (SSSR count). The third kappa shape index (κ3) is 1.91. The topological polar surface area (TPSA) is 66.6 Å². The van der Waals surface area contributed by atoms with Crippen LogP contribution in [-0.2, 0) is 4.79 Å². The molecule has 0 radical (unpaired) electrons. The van der Waals surface area contributed by atoms with Gasteiger partial charge in [0.2, 0.25) is 0 Å². The molecule has 0 aromatic heterocycles. The van der Waals surface area contributed by atoms with E-state index in [0.717, 1.165) is 25.9 Å². The van der Waals surface area contributed by atoms with Crippen LogP contribution in [0.25, 0.3) is 0 Å². The van der Waals surface area contributed by atoms with Crippen molar-refractivity contribution in [3.63, 3.8) is 0 Å². The fraction of sp³-hybridized carbons (Fsp3) is 0.857. The average molecular weight is 158 g/mol. The molecule has 0 aromatic carbocycles. The minimum absolute atomic E-state index is 0.0231. The minimum Gasteiger partial charge on any atom is -0.382 e. The summed E-state index contributed by atoms with van der Waals surface area (Å²) in [6.07, 6.45) is 1.10. The Kier molecular flexibility index (Phi) is 2.84. The van der Waals surface area contributed by atoms with Gasteiger partial charge in [-0.3, -0.25) is 4.79 Å². The van der Waals surface area contributed by atoms with Crippen molar-refractivity contribution in [1.82, 2.24) is 4.90 Å². The molecule has 4 heteroatoms. The Labute approximate surface area is 66.0 Å².